The van der Waals surface area contributed by atoms with Gasteiger partial charge < -0.3 is 38.3 Å². The highest BCUT2D eigenvalue weighted by Crippen LogP contribution is 2.43. The molecule has 0 rings (SSSR count). The van der Waals surface area contributed by atoms with Gasteiger partial charge in [0.25, 0.3) is 0 Å². The lowest BCUT2D eigenvalue weighted by Crippen LogP contribution is -2.66. The van der Waals surface area contributed by atoms with Crippen LogP contribution in [-0.4, -0.2) is 74.6 Å². The van der Waals surface area contributed by atoms with Crippen LogP contribution in [0, 0.1) is 5.41 Å². The molecule has 0 spiro atoms. The van der Waals surface area contributed by atoms with E-state index in [0.29, 0.717) is 0 Å². The van der Waals surface area contributed by atoms with E-state index in [0.717, 1.165) is 0 Å². The van der Waals surface area contributed by atoms with Crippen molar-refractivity contribution in [2.45, 2.75) is 73.6 Å². The minimum atomic E-state index is -2.32. The third-order valence-corrected chi connectivity index (χ3v) is 4.62. The van der Waals surface area contributed by atoms with Crippen LogP contribution in [0.4, 0.5) is 0 Å². The van der Waals surface area contributed by atoms with E-state index in [1.54, 1.807) is 27.7 Å². The van der Waals surface area contributed by atoms with Crippen LogP contribution in [0.25, 0.3) is 0 Å². The molecule has 0 amide bonds. The highest BCUT2D eigenvalue weighted by atomic mass is 16.8. The molecule has 11 nitrogen and oxygen atoms in total. The van der Waals surface area contributed by atoms with Gasteiger partial charge in [0, 0.05) is 43.1 Å². The van der Waals surface area contributed by atoms with E-state index >= 15 is 0 Å². The quantitative estimate of drug-likeness (QED) is 0.125. The first-order chi connectivity index (χ1) is 16.8. The van der Waals surface area contributed by atoms with Crippen molar-refractivity contribution in [2.75, 3.05) is 26.4 Å². The van der Waals surface area contributed by atoms with Gasteiger partial charge in [0.05, 0.1) is 0 Å². The predicted molar refractivity (Wildman–Crippen MR) is 129 cm³/mol. The molecule has 0 radical (unpaired) electrons. The Hall–Kier alpha value is -2.57. The second-order valence-corrected chi connectivity index (χ2v) is 7.73. The molecule has 0 aromatic rings. The molecule has 4 unspecified atom stereocenters. The number of aliphatic hydroxyl groups is 1. The van der Waals surface area contributed by atoms with Crippen molar-refractivity contribution in [3.63, 3.8) is 0 Å². The van der Waals surface area contributed by atoms with Crippen LogP contribution < -0.4 is 0 Å². The Morgan fingerprint density at radius 2 is 0.861 bits per heavy atom. The normalized spacial score (nSPS) is 16.0. The van der Waals surface area contributed by atoms with Gasteiger partial charge in [0.15, 0.2) is 6.29 Å². The summed E-state index contributed by atoms with van der Waals surface area (Å²) >= 11 is 0. The summed E-state index contributed by atoms with van der Waals surface area (Å²) in [5.74, 6) is -2.74. The molecule has 0 heterocycles. The van der Waals surface area contributed by atoms with E-state index in [1.165, 1.54) is 20.8 Å². The molecule has 0 fully saturated rings. The van der Waals surface area contributed by atoms with Crippen LogP contribution in [0.3, 0.4) is 0 Å². The molecule has 0 aromatic carbocycles. The minimum absolute atomic E-state index is 0.00159. The summed E-state index contributed by atoms with van der Waals surface area (Å²) in [6.45, 7) is 21.0. The Morgan fingerprint density at radius 3 is 1.06 bits per heavy atom. The van der Waals surface area contributed by atoms with Crippen molar-refractivity contribution in [1.29, 1.82) is 0 Å². The zero-order valence-corrected chi connectivity index (χ0v) is 22.3. The summed E-state index contributed by atoms with van der Waals surface area (Å²) < 4.78 is 39.3. The molecule has 0 aromatic heterocycles. The van der Waals surface area contributed by atoms with Crippen molar-refractivity contribution >= 4 is 17.9 Å². The molecule has 206 valence electrons. The fourth-order valence-electron chi connectivity index (χ4n) is 2.87. The number of rotatable bonds is 18. The first kappa shape index (κ1) is 33.4. The second kappa shape index (κ2) is 16.2. The maximum absolute atomic E-state index is 12.6. The summed E-state index contributed by atoms with van der Waals surface area (Å²) in [5, 5.41) is 11.4. The van der Waals surface area contributed by atoms with Crippen molar-refractivity contribution in [3.05, 3.63) is 36.5 Å². The maximum Gasteiger partial charge on any atom is 0.335 e. The summed E-state index contributed by atoms with van der Waals surface area (Å²) in [6, 6.07) is 0. The number of aliphatic hydroxyl groups excluding tert-OH is 1. The lowest BCUT2D eigenvalue weighted by atomic mass is 9.83. The van der Waals surface area contributed by atoms with Crippen molar-refractivity contribution in [3.8, 4) is 0 Å². The second-order valence-electron chi connectivity index (χ2n) is 7.73. The van der Waals surface area contributed by atoms with Gasteiger partial charge in [-0.2, -0.15) is 0 Å². The van der Waals surface area contributed by atoms with Gasteiger partial charge >= 0.3 is 17.9 Å². The molecular formula is C25H40O11. The van der Waals surface area contributed by atoms with Crippen LogP contribution in [0.2, 0.25) is 0 Å². The van der Waals surface area contributed by atoms with Crippen LogP contribution in [0.5, 0.6) is 0 Å². The lowest BCUT2D eigenvalue weighted by Gasteiger charge is -2.48. The van der Waals surface area contributed by atoms with Crippen LogP contribution >= 0.6 is 0 Å². The molecule has 1 N–H and O–H groups in total. The average molecular weight is 517 g/mol. The van der Waals surface area contributed by atoms with Gasteiger partial charge in [0.1, 0.15) is 0 Å². The molecule has 0 saturated carbocycles. The monoisotopic (exact) mass is 516 g/mol. The molecule has 0 saturated heterocycles. The molecule has 0 aliphatic heterocycles. The molecule has 4 atom stereocenters. The Balaban J connectivity index is 7.46. The summed E-state index contributed by atoms with van der Waals surface area (Å²) in [7, 11) is 0. The lowest BCUT2D eigenvalue weighted by molar-refractivity contribution is -0.392. The SMILES string of the molecule is C=C(C)C(=O)OC(OCC)C(C(O)OCC)(C(OCC)OC(=O)C(=C)C)C(OCC)OC(=O)C(=C)C. The van der Waals surface area contributed by atoms with Gasteiger partial charge in [-0.1, -0.05) is 19.7 Å². The van der Waals surface area contributed by atoms with E-state index in [2.05, 4.69) is 19.7 Å². The summed E-state index contributed by atoms with van der Waals surface area (Å²) in [4.78, 5) is 37.9. The highest BCUT2D eigenvalue weighted by molar-refractivity contribution is 5.88. The minimum Gasteiger partial charge on any atom is -0.431 e. The number of hydrogen-bond acceptors (Lipinski definition) is 11. The van der Waals surface area contributed by atoms with E-state index < -0.39 is 48.5 Å². The molecule has 0 aliphatic rings. The van der Waals surface area contributed by atoms with Crippen LogP contribution in [0.15, 0.2) is 36.5 Å². The fraction of sp³-hybridized carbons (Fsp3) is 0.640. The first-order valence-corrected chi connectivity index (χ1v) is 11.6. The first-order valence-electron chi connectivity index (χ1n) is 11.6. The smallest absolute Gasteiger partial charge is 0.335 e. The van der Waals surface area contributed by atoms with Gasteiger partial charge in [-0.15, -0.1) is 0 Å². The van der Waals surface area contributed by atoms with Crippen molar-refractivity contribution in [1.82, 2.24) is 0 Å². The number of hydrogen-bond donors (Lipinski definition) is 1. The van der Waals surface area contributed by atoms with Gasteiger partial charge in [-0.3, -0.25) is 0 Å². The third-order valence-electron chi connectivity index (χ3n) is 4.62. The van der Waals surface area contributed by atoms with Crippen LogP contribution in [0.1, 0.15) is 48.5 Å². The topological polar surface area (TPSA) is 136 Å². The average Bonchev–Trinajstić information content (AvgIpc) is 2.79. The number of ether oxygens (including phenoxy) is 7. The Labute approximate surface area is 213 Å². The summed E-state index contributed by atoms with van der Waals surface area (Å²) in [5.41, 5.74) is -2.32. The van der Waals surface area contributed by atoms with Crippen molar-refractivity contribution in [2.24, 2.45) is 5.41 Å². The highest BCUT2D eigenvalue weighted by Gasteiger charge is 2.65. The van der Waals surface area contributed by atoms with Crippen molar-refractivity contribution < 1.29 is 52.6 Å². The van der Waals surface area contributed by atoms with E-state index in [9.17, 15) is 19.5 Å². The number of esters is 3. The van der Waals surface area contributed by atoms with Crippen LogP contribution in [-0.2, 0) is 47.5 Å². The van der Waals surface area contributed by atoms with E-state index in [4.69, 9.17) is 33.2 Å². The van der Waals surface area contributed by atoms with E-state index in [1.807, 2.05) is 0 Å². The molecule has 0 bridgehead atoms. The maximum atomic E-state index is 12.6. The number of carbonyl (C=O) groups excluding carboxylic acids is 3. The molecule has 36 heavy (non-hydrogen) atoms. The Morgan fingerprint density at radius 1 is 0.611 bits per heavy atom. The molecular weight excluding hydrogens is 476 g/mol. The fourth-order valence-corrected chi connectivity index (χ4v) is 2.87. The largest absolute Gasteiger partial charge is 0.431 e. The summed E-state index contributed by atoms with van der Waals surface area (Å²) in [6.07, 6.45) is -7.37. The molecule has 0 aliphatic carbocycles. The third kappa shape index (κ3) is 8.82. The number of carbonyl (C=O) groups is 3. The zero-order valence-electron chi connectivity index (χ0n) is 22.3. The predicted octanol–water partition coefficient (Wildman–Crippen LogP) is 2.77. The Kier molecular flexibility index (Phi) is 15.1. The van der Waals surface area contributed by atoms with E-state index in [-0.39, 0.29) is 43.1 Å². The van der Waals surface area contributed by atoms with Gasteiger partial charge in [0.2, 0.25) is 24.3 Å². The standard InChI is InChI=1S/C25H40O11/c1-11-30-21(29)25(22(31-12-2)34-18(26)15(5)6,23(32-13-3)35-19(27)16(7)8)24(33-14-4)36-20(28)17(9)10/h21-24,29H,5,7,9,11-14H2,1-4,6,8,10H3. The van der Waals surface area contributed by atoms with Gasteiger partial charge in [-0.25, -0.2) is 14.4 Å². The Bertz CT molecular complexity index is 696. The van der Waals surface area contributed by atoms with Gasteiger partial charge in [-0.05, 0) is 48.5 Å². The molecule has 11 heteroatoms. The zero-order chi connectivity index (χ0) is 28.1.